The number of alkyl halides is 3. The van der Waals surface area contributed by atoms with Gasteiger partial charge in [0, 0.05) is 17.7 Å². The Morgan fingerprint density at radius 2 is 1.81 bits per heavy atom. The van der Waals surface area contributed by atoms with Crippen LogP contribution in [0.5, 0.6) is 0 Å². The summed E-state index contributed by atoms with van der Waals surface area (Å²) >= 11 is 6.37. The number of carboxylic acids is 1. The molecule has 42 heavy (non-hydrogen) atoms. The van der Waals surface area contributed by atoms with E-state index in [1.807, 2.05) is 0 Å². The Morgan fingerprint density at radius 1 is 1.10 bits per heavy atom. The quantitative estimate of drug-likeness (QED) is 0.339. The summed E-state index contributed by atoms with van der Waals surface area (Å²) in [4.78, 5) is 39.7. The van der Waals surface area contributed by atoms with Crippen molar-refractivity contribution >= 4 is 29.6 Å². The summed E-state index contributed by atoms with van der Waals surface area (Å²) in [5.74, 6) is -3.21. The summed E-state index contributed by atoms with van der Waals surface area (Å²) in [6.45, 7) is 1.77. The number of carbonyl (C=O) groups excluding carboxylic acids is 2. The van der Waals surface area contributed by atoms with Crippen LogP contribution in [-0.4, -0.2) is 56.1 Å². The molecule has 6 rings (SSSR count). The summed E-state index contributed by atoms with van der Waals surface area (Å²) in [5, 5.41) is 13.4. The van der Waals surface area contributed by atoms with Crippen molar-refractivity contribution in [2.24, 2.45) is 0 Å². The maximum atomic E-state index is 15.2. The lowest BCUT2D eigenvalue weighted by molar-refractivity contribution is -0.160. The predicted octanol–water partition coefficient (Wildman–Crippen LogP) is 6.37. The van der Waals surface area contributed by atoms with Crippen molar-refractivity contribution in [2.45, 2.75) is 62.8 Å². The second-order valence-corrected chi connectivity index (χ2v) is 11.6. The van der Waals surface area contributed by atoms with Crippen LogP contribution in [0.2, 0.25) is 5.02 Å². The first-order chi connectivity index (χ1) is 19.7. The van der Waals surface area contributed by atoms with Crippen molar-refractivity contribution in [3.05, 3.63) is 75.2 Å². The van der Waals surface area contributed by atoms with Gasteiger partial charge in [-0.2, -0.15) is 23.0 Å². The molecule has 2 heterocycles. The van der Waals surface area contributed by atoms with Crippen LogP contribution < -0.4 is 0 Å². The van der Waals surface area contributed by atoms with Crippen molar-refractivity contribution < 1.29 is 41.8 Å². The average molecular weight is 606 g/mol. The Labute approximate surface area is 241 Å². The Hall–Kier alpha value is -3.93. The largest absolute Gasteiger partial charge is 0.478 e. The number of benzene rings is 2. The lowest BCUT2D eigenvalue weighted by Crippen LogP contribution is -2.39. The lowest BCUT2D eigenvalue weighted by Gasteiger charge is -2.28. The Bertz CT molecular complexity index is 1660. The van der Waals surface area contributed by atoms with Crippen LogP contribution in [0.25, 0.3) is 11.3 Å². The highest BCUT2D eigenvalue weighted by molar-refractivity contribution is 6.34. The van der Waals surface area contributed by atoms with E-state index in [2.05, 4.69) is 5.10 Å². The van der Waals surface area contributed by atoms with Crippen molar-refractivity contribution in [1.29, 1.82) is 0 Å². The molecule has 0 radical (unpaired) electrons. The van der Waals surface area contributed by atoms with E-state index in [0.29, 0.717) is 18.4 Å². The summed E-state index contributed by atoms with van der Waals surface area (Å²) in [6.07, 6.45) is -4.12. The lowest BCUT2D eigenvalue weighted by atomic mass is 9.90. The number of aromatic nitrogens is 2. The molecule has 2 fully saturated rings. The number of carbonyl (C=O) groups is 3. The molecule has 2 aliphatic carbocycles. The molecule has 3 aliphatic rings. The SMILES string of the molecule is CC1(OC(=O)N2CCc3c(-c4ccc(C(=O)O)cc4F)nn(C(=O)c4c(Cl)cccc4C4(C(F)(F)F)CC4)c3C2)CC1. The summed E-state index contributed by atoms with van der Waals surface area (Å²) in [5.41, 5.74) is -3.27. The van der Waals surface area contributed by atoms with Crippen LogP contribution in [0, 0.1) is 5.82 Å². The van der Waals surface area contributed by atoms with E-state index >= 15 is 4.39 Å². The first-order valence-corrected chi connectivity index (χ1v) is 13.6. The van der Waals surface area contributed by atoms with Gasteiger partial charge in [-0.15, -0.1) is 0 Å². The maximum Gasteiger partial charge on any atom is 0.410 e. The zero-order chi connectivity index (χ0) is 30.2. The highest BCUT2D eigenvalue weighted by Crippen LogP contribution is 2.60. The highest BCUT2D eigenvalue weighted by atomic mass is 35.5. The topological polar surface area (TPSA) is 102 Å². The van der Waals surface area contributed by atoms with Gasteiger partial charge in [0.1, 0.15) is 11.4 Å². The number of rotatable bonds is 5. The van der Waals surface area contributed by atoms with Gasteiger partial charge < -0.3 is 14.7 Å². The fraction of sp³-hybridized carbons (Fsp3) is 0.379. The van der Waals surface area contributed by atoms with Crippen molar-refractivity contribution in [3.63, 3.8) is 0 Å². The van der Waals surface area contributed by atoms with Crippen LogP contribution in [0.3, 0.4) is 0 Å². The predicted molar refractivity (Wildman–Crippen MR) is 141 cm³/mol. The van der Waals surface area contributed by atoms with Gasteiger partial charge in [0.05, 0.1) is 39.5 Å². The zero-order valence-electron chi connectivity index (χ0n) is 22.2. The summed E-state index contributed by atoms with van der Waals surface area (Å²) in [6, 6.07) is 7.10. The van der Waals surface area contributed by atoms with E-state index in [-0.39, 0.29) is 71.0 Å². The molecule has 0 spiro atoms. The molecule has 1 N–H and O–H groups in total. The molecule has 2 aromatic carbocycles. The minimum absolute atomic E-state index is 0.0144. The van der Waals surface area contributed by atoms with Gasteiger partial charge in [0.25, 0.3) is 5.91 Å². The number of carboxylic acid groups (broad SMARTS) is 1. The van der Waals surface area contributed by atoms with Crippen LogP contribution in [0.1, 0.15) is 70.1 Å². The van der Waals surface area contributed by atoms with Crippen molar-refractivity contribution in [3.8, 4) is 11.3 Å². The van der Waals surface area contributed by atoms with Gasteiger partial charge in [-0.05, 0) is 68.9 Å². The molecule has 8 nitrogen and oxygen atoms in total. The fourth-order valence-corrected chi connectivity index (χ4v) is 5.68. The number of nitrogens with zero attached hydrogens (tertiary/aromatic N) is 3. The average Bonchev–Trinajstić information content (AvgIpc) is 3.85. The van der Waals surface area contributed by atoms with Crippen molar-refractivity contribution in [2.75, 3.05) is 6.54 Å². The molecule has 1 aliphatic heterocycles. The minimum Gasteiger partial charge on any atom is -0.478 e. The molecule has 1 aromatic heterocycles. The molecular weight excluding hydrogens is 582 g/mol. The number of hydrogen-bond donors (Lipinski definition) is 1. The van der Waals surface area contributed by atoms with Gasteiger partial charge in [0.2, 0.25) is 0 Å². The molecule has 0 unspecified atom stereocenters. The molecule has 2 saturated carbocycles. The van der Waals surface area contributed by atoms with Crippen LogP contribution >= 0.6 is 11.6 Å². The standard InChI is InChI=1S/C29H24ClF4N3O5/c1-27(8-9-27)42-26(41)36-12-7-17-21(14-36)37(35-23(17)16-6-5-15(25(39)40)13-20(16)31)24(38)22-18(3-2-4-19(22)30)28(10-11-28)29(32,33)34/h2-6,13H,7-12,14H2,1H3,(H,39,40). The number of hydrogen-bond acceptors (Lipinski definition) is 5. The number of fused-ring (bicyclic) bond motifs is 1. The molecule has 13 heteroatoms. The van der Waals surface area contributed by atoms with Crippen LogP contribution in [-0.2, 0) is 23.1 Å². The van der Waals surface area contributed by atoms with E-state index in [4.69, 9.17) is 16.3 Å². The molecule has 0 saturated heterocycles. The van der Waals surface area contributed by atoms with Crippen molar-refractivity contribution in [1.82, 2.24) is 14.7 Å². The van der Waals surface area contributed by atoms with Gasteiger partial charge in [-0.25, -0.2) is 14.0 Å². The number of halogens is 5. The fourth-order valence-electron chi connectivity index (χ4n) is 5.43. The first kappa shape index (κ1) is 28.2. The molecule has 1 amide bonds. The first-order valence-electron chi connectivity index (χ1n) is 13.3. The molecule has 0 atom stereocenters. The molecule has 220 valence electrons. The van der Waals surface area contributed by atoms with Gasteiger partial charge in [-0.3, -0.25) is 4.79 Å². The second-order valence-electron chi connectivity index (χ2n) is 11.2. The summed E-state index contributed by atoms with van der Waals surface area (Å²) in [7, 11) is 0. The number of ether oxygens (including phenoxy) is 1. The smallest absolute Gasteiger partial charge is 0.410 e. The Balaban J connectivity index is 1.48. The van der Waals surface area contributed by atoms with E-state index in [9.17, 15) is 32.7 Å². The number of amides is 1. The normalized spacial score (nSPS) is 18.3. The van der Waals surface area contributed by atoms with E-state index in [0.717, 1.165) is 10.7 Å². The third kappa shape index (κ3) is 4.61. The molecule has 0 bridgehead atoms. The molecular formula is C29H24ClF4N3O5. The minimum atomic E-state index is -4.63. The van der Waals surface area contributed by atoms with Gasteiger partial charge in [-0.1, -0.05) is 23.7 Å². The van der Waals surface area contributed by atoms with Crippen LogP contribution in [0.15, 0.2) is 36.4 Å². The Kier molecular flexibility index (Phi) is 6.41. The Morgan fingerprint density at radius 3 is 2.40 bits per heavy atom. The monoisotopic (exact) mass is 605 g/mol. The summed E-state index contributed by atoms with van der Waals surface area (Å²) < 4.78 is 64.1. The van der Waals surface area contributed by atoms with E-state index < -0.39 is 41.0 Å². The highest BCUT2D eigenvalue weighted by Gasteiger charge is 2.65. The third-order valence-corrected chi connectivity index (χ3v) is 8.62. The van der Waals surface area contributed by atoms with Gasteiger partial charge in [0.15, 0.2) is 0 Å². The maximum absolute atomic E-state index is 15.2. The zero-order valence-corrected chi connectivity index (χ0v) is 23.0. The van der Waals surface area contributed by atoms with Crippen LogP contribution in [0.4, 0.5) is 22.4 Å². The number of aromatic carboxylic acids is 1. The van der Waals surface area contributed by atoms with E-state index in [1.165, 1.54) is 35.2 Å². The van der Waals surface area contributed by atoms with Gasteiger partial charge >= 0.3 is 18.2 Å². The van der Waals surface area contributed by atoms with E-state index in [1.54, 1.807) is 6.92 Å². The third-order valence-electron chi connectivity index (χ3n) is 8.31. The second kappa shape index (κ2) is 9.55. The molecule has 3 aromatic rings.